The quantitative estimate of drug-likeness (QED) is 0.482. The lowest BCUT2D eigenvalue weighted by atomic mass is 9.95. The summed E-state index contributed by atoms with van der Waals surface area (Å²) in [6.07, 6.45) is 6.10. The predicted octanol–water partition coefficient (Wildman–Crippen LogP) is 4.87. The zero-order chi connectivity index (χ0) is 24.7. The van der Waals surface area contributed by atoms with Gasteiger partial charge < -0.3 is 9.80 Å². The fourth-order valence-corrected chi connectivity index (χ4v) is 5.06. The summed E-state index contributed by atoms with van der Waals surface area (Å²) in [6, 6.07) is 22.0. The van der Waals surface area contributed by atoms with Crippen LogP contribution in [0, 0.1) is 5.92 Å². The van der Waals surface area contributed by atoms with E-state index in [2.05, 4.69) is 61.3 Å². The summed E-state index contributed by atoms with van der Waals surface area (Å²) in [7, 11) is 0. The molecule has 6 nitrogen and oxygen atoms in total. The highest BCUT2D eigenvalue weighted by Gasteiger charge is 2.30. The molecule has 2 aliphatic rings. The smallest absolute Gasteiger partial charge is 0.225 e. The van der Waals surface area contributed by atoms with E-state index in [0.717, 1.165) is 75.7 Å². The van der Waals surface area contributed by atoms with Gasteiger partial charge in [-0.05, 0) is 42.7 Å². The topological polar surface area (TPSA) is 52.6 Å². The molecule has 2 fully saturated rings. The number of hydrogen-bond acceptors (Lipinski definition) is 5. The first-order valence-corrected chi connectivity index (χ1v) is 13.1. The maximum absolute atomic E-state index is 13.2. The highest BCUT2D eigenvalue weighted by Crippen LogP contribution is 2.25. The number of carbonyl (C=O) groups is 1. The second-order valence-corrected chi connectivity index (χ2v) is 9.92. The third kappa shape index (κ3) is 6.12. The van der Waals surface area contributed by atoms with Crippen LogP contribution < -0.4 is 4.90 Å². The highest BCUT2D eigenvalue weighted by molar-refractivity contribution is 6.30. The fourth-order valence-electron chi connectivity index (χ4n) is 4.94. The second kappa shape index (κ2) is 11.7. The van der Waals surface area contributed by atoms with E-state index < -0.39 is 0 Å². The lowest BCUT2D eigenvalue weighted by Gasteiger charge is -2.38. The molecule has 186 valence electrons. The van der Waals surface area contributed by atoms with Crippen LogP contribution in [-0.4, -0.2) is 71.7 Å². The van der Waals surface area contributed by atoms with Crippen molar-refractivity contribution in [3.63, 3.8) is 0 Å². The molecule has 7 heteroatoms. The SMILES string of the molecule is O=C(C1CCN(c2ccc(-c3ccc(Cl)cc3)nn2)CC1)N1CCN(C/C=C/c2ccccc2)CC1. The predicted molar refractivity (Wildman–Crippen MR) is 146 cm³/mol. The Balaban J connectivity index is 1.06. The maximum atomic E-state index is 13.2. The summed E-state index contributed by atoms with van der Waals surface area (Å²) >= 11 is 5.98. The van der Waals surface area contributed by atoms with E-state index in [1.165, 1.54) is 5.56 Å². The molecular formula is C29H32ClN5O. The van der Waals surface area contributed by atoms with Crippen LogP contribution in [0.1, 0.15) is 18.4 Å². The minimum absolute atomic E-state index is 0.104. The van der Waals surface area contributed by atoms with E-state index in [1.807, 2.05) is 42.5 Å². The number of aromatic nitrogens is 2. The monoisotopic (exact) mass is 501 g/mol. The molecule has 0 radical (unpaired) electrons. The Morgan fingerprint density at radius 2 is 1.58 bits per heavy atom. The molecule has 5 rings (SSSR count). The van der Waals surface area contributed by atoms with Crippen molar-refractivity contribution >= 4 is 29.4 Å². The van der Waals surface area contributed by atoms with Crippen molar-refractivity contribution in [3.05, 3.63) is 83.4 Å². The molecule has 3 aromatic rings. The summed E-state index contributed by atoms with van der Waals surface area (Å²) in [5, 5.41) is 9.56. The van der Waals surface area contributed by atoms with Crippen LogP contribution in [0.4, 0.5) is 5.82 Å². The van der Waals surface area contributed by atoms with Crippen molar-refractivity contribution in [1.29, 1.82) is 0 Å². The lowest BCUT2D eigenvalue weighted by molar-refractivity contribution is -0.137. The van der Waals surface area contributed by atoms with Crippen molar-refractivity contribution in [3.8, 4) is 11.3 Å². The van der Waals surface area contributed by atoms with Crippen molar-refractivity contribution in [2.24, 2.45) is 5.92 Å². The number of halogens is 1. The minimum atomic E-state index is 0.104. The summed E-state index contributed by atoms with van der Waals surface area (Å²) in [5.41, 5.74) is 3.05. The Morgan fingerprint density at radius 1 is 0.861 bits per heavy atom. The van der Waals surface area contributed by atoms with Crippen LogP contribution in [0.5, 0.6) is 0 Å². The van der Waals surface area contributed by atoms with Crippen molar-refractivity contribution < 1.29 is 4.79 Å². The van der Waals surface area contributed by atoms with Gasteiger partial charge in [0.05, 0.1) is 5.69 Å². The molecular weight excluding hydrogens is 470 g/mol. The van der Waals surface area contributed by atoms with Gasteiger partial charge in [0.1, 0.15) is 0 Å². The molecule has 1 aromatic heterocycles. The fraction of sp³-hybridized carbons (Fsp3) is 0.345. The number of amides is 1. The molecule has 0 spiro atoms. The van der Waals surface area contributed by atoms with Gasteiger partial charge in [-0.2, -0.15) is 0 Å². The van der Waals surface area contributed by atoms with Gasteiger partial charge in [-0.25, -0.2) is 0 Å². The van der Waals surface area contributed by atoms with Gasteiger partial charge in [-0.15, -0.1) is 10.2 Å². The van der Waals surface area contributed by atoms with Crippen LogP contribution in [0.3, 0.4) is 0 Å². The molecule has 0 saturated carbocycles. The normalized spacial score (nSPS) is 17.6. The molecule has 36 heavy (non-hydrogen) atoms. The number of benzene rings is 2. The number of hydrogen-bond donors (Lipinski definition) is 0. The van der Waals surface area contributed by atoms with Gasteiger partial charge in [0.25, 0.3) is 0 Å². The molecule has 2 saturated heterocycles. The van der Waals surface area contributed by atoms with Crippen molar-refractivity contribution in [2.75, 3.05) is 50.7 Å². The van der Waals surface area contributed by atoms with E-state index in [4.69, 9.17) is 11.6 Å². The summed E-state index contributed by atoms with van der Waals surface area (Å²) in [5.74, 6) is 1.29. The molecule has 0 bridgehead atoms. The van der Waals surface area contributed by atoms with Crippen LogP contribution in [0.2, 0.25) is 5.02 Å². The second-order valence-electron chi connectivity index (χ2n) is 9.48. The van der Waals surface area contributed by atoms with E-state index in [-0.39, 0.29) is 5.92 Å². The number of piperidine rings is 1. The number of rotatable bonds is 6. The standard InChI is InChI=1S/C29H32ClN5O/c30-26-10-8-24(9-11-26)27-12-13-28(32-31-27)34-17-14-25(15-18-34)29(36)35-21-19-33(20-22-35)16-4-7-23-5-2-1-3-6-23/h1-13,25H,14-22H2/b7-4+. The average molecular weight is 502 g/mol. The Labute approximate surface area is 218 Å². The summed E-state index contributed by atoms with van der Waals surface area (Å²) in [4.78, 5) is 19.9. The van der Waals surface area contributed by atoms with Crippen LogP contribution in [0.25, 0.3) is 17.3 Å². The summed E-state index contributed by atoms with van der Waals surface area (Å²) in [6.45, 7) is 6.07. The van der Waals surface area contributed by atoms with Gasteiger partial charge in [-0.3, -0.25) is 9.69 Å². The van der Waals surface area contributed by atoms with E-state index in [1.54, 1.807) is 0 Å². The van der Waals surface area contributed by atoms with Gasteiger partial charge in [0.15, 0.2) is 5.82 Å². The van der Waals surface area contributed by atoms with Gasteiger partial charge in [0.2, 0.25) is 5.91 Å². The molecule has 2 aromatic carbocycles. The largest absolute Gasteiger partial charge is 0.355 e. The van der Waals surface area contributed by atoms with E-state index in [0.29, 0.717) is 10.9 Å². The molecule has 3 heterocycles. The highest BCUT2D eigenvalue weighted by atomic mass is 35.5. The van der Waals surface area contributed by atoms with Gasteiger partial charge in [0, 0.05) is 62.3 Å². The molecule has 0 unspecified atom stereocenters. The molecule has 0 atom stereocenters. The molecule has 0 aliphatic carbocycles. The molecule has 2 aliphatic heterocycles. The number of anilines is 1. The van der Waals surface area contributed by atoms with Gasteiger partial charge >= 0.3 is 0 Å². The lowest BCUT2D eigenvalue weighted by Crippen LogP contribution is -2.51. The molecule has 1 amide bonds. The Kier molecular flexibility index (Phi) is 7.94. The first-order valence-electron chi connectivity index (χ1n) is 12.7. The average Bonchev–Trinajstić information content (AvgIpc) is 2.94. The van der Waals surface area contributed by atoms with Crippen LogP contribution in [0.15, 0.2) is 72.8 Å². The summed E-state index contributed by atoms with van der Waals surface area (Å²) < 4.78 is 0. The zero-order valence-corrected chi connectivity index (χ0v) is 21.2. The van der Waals surface area contributed by atoms with E-state index in [9.17, 15) is 4.79 Å². The number of carbonyl (C=O) groups excluding carboxylic acids is 1. The minimum Gasteiger partial charge on any atom is -0.355 e. The van der Waals surface area contributed by atoms with Gasteiger partial charge in [-0.1, -0.05) is 66.2 Å². The van der Waals surface area contributed by atoms with E-state index >= 15 is 0 Å². The number of piperazine rings is 1. The van der Waals surface area contributed by atoms with Crippen molar-refractivity contribution in [1.82, 2.24) is 20.0 Å². The number of nitrogens with zero attached hydrogens (tertiary/aromatic N) is 5. The first-order chi connectivity index (χ1) is 17.7. The Bertz CT molecular complexity index is 1150. The zero-order valence-electron chi connectivity index (χ0n) is 20.5. The maximum Gasteiger partial charge on any atom is 0.225 e. The Morgan fingerprint density at radius 3 is 2.25 bits per heavy atom. The first kappa shape index (κ1) is 24.5. The third-order valence-electron chi connectivity index (χ3n) is 7.12. The van der Waals surface area contributed by atoms with Crippen molar-refractivity contribution in [2.45, 2.75) is 12.8 Å². The molecule has 0 N–H and O–H groups in total. The van der Waals surface area contributed by atoms with Crippen LogP contribution >= 0.6 is 11.6 Å². The third-order valence-corrected chi connectivity index (χ3v) is 7.37. The Hall–Kier alpha value is -3.22. The van der Waals surface area contributed by atoms with Crippen LogP contribution in [-0.2, 0) is 4.79 Å².